The molecule has 1 unspecified atom stereocenters. The lowest BCUT2D eigenvalue weighted by atomic mass is 10.3. The van der Waals surface area contributed by atoms with Crippen molar-refractivity contribution in [1.29, 1.82) is 0 Å². The number of nitrogens with one attached hydrogen (secondary N) is 1. The summed E-state index contributed by atoms with van der Waals surface area (Å²) in [6.45, 7) is 1.28. The van der Waals surface area contributed by atoms with E-state index in [-0.39, 0.29) is 11.7 Å². The number of nitrogens with zero attached hydrogens (tertiary/aromatic N) is 2. The van der Waals surface area contributed by atoms with Gasteiger partial charge in [0.05, 0.1) is 0 Å². The zero-order valence-electron chi connectivity index (χ0n) is 8.58. The molecule has 1 aromatic heterocycles. The van der Waals surface area contributed by atoms with Crippen molar-refractivity contribution >= 4 is 23.6 Å². The minimum atomic E-state index is -1.06. The third kappa shape index (κ3) is 4.26. The number of hydrogen-bond donors (Lipinski definition) is 2. The van der Waals surface area contributed by atoms with Crippen molar-refractivity contribution in [1.82, 2.24) is 15.5 Å². The molecular weight excluding hydrogens is 230 g/mol. The van der Waals surface area contributed by atoms with Crippen LogP contribution in [0.2, 0.25) is 0 Å². The molecule has 0 bridgehead atoms. The van der Waals surface area contributed by atoms with Crippen molar-refractivity contribution in [2.24, 2.45) is 0 Å². The number of hydrogen-bond acceptors (Lipinski definition) is 5. The van der Waals surface area contributed by atoms with Crippen LogP contribution in [0.1, 0.15) is 6.92 Å². The number of carbonyl (C=O) groups excluding carboxylic acids is 1. The number of rotatable bonds is 5. The zero-order valence-corrected chi connectivity index (χ0v) is 9.40. The third-order valence-corrected chi connectivity index (χ3v) is 2.63. The van der Waals surface area contributed by atoms with Crippen LogP contribution in [0.4, 0.5) is 0 Å². The summed E-state index contributed by atoms with van der Waals surface area (Å²) in [6, 6.07) is 2.53. The molecule has 1 atom stereocenters. The molecule has 0 saturated carbocycles. The Morgan fingerprint density at radius 1 is 1.62 bits per heavy atom. The average Bonchev–Trinajstić information content (AvgIpc) is 2.25. The molecule has 0 fully saturated rings. The van der Waals surface area contributed by atoms with Crippen LogP contribution >= 0.6 is 11.8 Å². The Labute approximate surface area is 96.5 Å². The molecular formula is C9H11N3O3S. The fourth-order valence-corrected chi connectivity index (χ4v) is 1.80. The second-order valence-electron chi connectivity index (χ2n) is 2.96. The van der Waals surface area contributed by atoms with Gasteiger partial charge in [-0.15, -0.1) is 16.9 Å². The van der Waals surface area contributed by atoms with Gasteiger partial charge in [-0.2, -0.15) is 5.10 Å². The van der Waals surface area contributed by atoms with E-state index in [1.807, 2.05) is 0 Å². The maximum atomic E-state index is 10.8. The van der Waals surface area contributed by atoms with E-state index in [1.165, 1.54) is 24.9 Å². The van der Waals surface area contributed by atoms with Gasteiger partial charge < -0.3 is 10.4 Å². The van der Waals surface area contributed by atoms with Crippen LogP contribution in [-0.2, 0) is 9.59 Å². The van der Waals surface area contributed by atoms with Crippen molar-refractivity contribution in [2.75, 3.05) is 5.75 Å². The first-order valence-electron chi connectivity index (χ1n) is 4.50. The molecule has 0 aliphatic rings. The minimum absolute atomic E-state index is 0.216. The summed E-state index contributed by atoms with van der Waals surface area (Å²) in [7, 11) is 0. The van der Waals surface area contributed by atoms with E-state index in [0.717, 1.165) is 0 Å². The highest BCUT2D eigenvalue weighted by atomic mass is 32.2. The van der Waals surface area contributed by atoms with Crippen molar-refractivity contribution in [3.63, 3.8) is 0 Å². The Morgan fingerprint density at radius 2 is 2.38 bits per heavy atom. The van der Waals surface area contributed by atoms with Gasteiger partial charge in [-0.25, -0.2) is 4.79 Å². The van der Waals surface area contributed by atoms with Gasteiger partial charge in [-0.3, -0.25) is 4.79 Å². The van der Waals surface area contributed by atoms with Gasteiger partial charge in [0.25, 0.3) is 0 Å². The summed E-state index contributed by atoms with van der Waals surface area (Å²) in [5, 5.41) is 19.3. The zero-order chi connectivity index (χ0) is 12.0. The number of carboxylic acid groups (broad SMARTS) is 1. The quantitative estimate of drug-likeness (QED) is 0.713. The number of aliphatic carboxylic acids is 1. The van der Waals surface area contributed by atoms with Crippen LogP contribution in [0, 0.1) is 0 Å². The van der Waals surface area contributed by atoms with E-state index in [1.54, 1.807) is 12.1 Å². The van der Waals surface area contributed by atoms with Crippen LogP contribution in [0.15, 0.2) is 23.4 Å². The van der Waals surface area contributed by atoms with E-state index in [9.17, 15) is 9.59 Å². The van der Waals surface area contributed by atoms with Gasteiger partial charge in [-0.1, -0.05) is 0 Å². The lowest BCUT2D eigenvalue weighted by molar-refractivity contribution is -0.140. The molecule has 0 aromatic carbocycles. The van der Waals surface area contributed by atoms with Crippen LogP contribution in [0.25, 0.3) is 0 Å². The standard InChI is InChI=1S/C9H11N3O3S/c1-6(13)11-7(9(14)15)5-16-8-3-2-4-10-12-8/h2-4,7H,5H2,1H3,(H,11,13)(H,14,15). The maximum absolute atomic E-state index is 10.8. The van der Waals surface area contributed by atoms with Crippen molar-refractivity contribution in [3.05, 3.63) is 18.3 Å². The molecule has 0 radical (unpaired) electrons. The second kappa shape index (κ2) is 6.06. The SMILES string of the molecule is CC(=O)NC(CSc1cccnn1)C(=O)O. The molecule has 0 aliphatic heterocycles. The minimum Gasteiger partial charge on any atom is -0.480 e. The molecule has 86 valence electrons. The van der Waals surface area contributed by atoms with Crippen LogP contribution in [-0.4, -0.2) is 39.0 Å². The number of carboxylic acids is 1. The fraction of sp³-hybridized carbons (Fsp3) is 0.333. The van der Waals surface area contributed by atoms with Gasteiger partial charge in [0.15, 0.2) is 0 Å². The summed E-state index contributed by atoms with van der Waals surface area (Å²) < 4.78 is 0. The van der Waals surface area contributed by atoms with Gasteiger partial charge in [-0.05, 0) is 12.1 Å². The molecule has 0 spiro atoms. The summed E-state index contributed by atoms with van der Waals surface area (Å²) in [5.41, 5.74) is 0. The van der Waals surface area contributed by atoms with Crippen molar-refractivity contribution in [2.45, 2.75) is 18.0 Å². The Bertz CT molecular complexity index is 372. The lowest BCUT2D eigenvalue weighted by Crippen LogP contribution is -2.41. The Balaban J connectivity index is 2.50. The summed E-state index contributed by atoms with van der Waals surface area (Å²) >= 11 is 1.23. The first kappa shape index (κ1) is 12.4. The highest BCUT2D eigenvalue weighted by Gasteiger charge is 2.18. The van der Waals surface area contributed by atoms with Gasteiger partial charge in [0, 0.05) is 18.9 Å². The summed E-state index contributed by atoms with van der Waals surface area (Å²) in [4.78, 5) is 21.6. The lowest BCUT2D eigenvalue weighted by Gasteiger charge is -2.11. The highest BCUT2D eigenvalue weighted by molar-refractivity contribution is 7.99. The number of thioether (sulfide) groups is 1. The molecule has 0 saturated heterocycles. The third-order valence-electron chi connectivity index (χ3n) is 1.62. The Kier molecular flexibility index (Phi) is 4.71. The molecule has 0 aliphatic carbocycles. The number of carbonyl (C=O) groups is 2. The molecule has 7 heteroatoms. The maximum Gasteiger partial charge on any atom is 0.327 e. The smallest absolute Gasteiger partial charge is 0.327 e. The van der Waals surface area contributed by atoms with E-state index in [2.05, 4.69) is 15.5 Å². The summed E-state index contributed by atoms with van der Waals surface area (Å²) in [6.07, 6.45) is 1.53. The second-order valence-corrected chi connectivity index (χ2v) is 4.00. The molecule has 1 amide bonds. The van der Waals surface area contributed by atoms with Crippen LogP contribution in [0.3, 0.4) is 0 Å². The number of amides is 1. The number of aromatic nitrogens is 2. The molecule has 2 N–H and O–H groups in total. The normalized spacial score (nSPS) is 11.8. The predicted octanol–water partition coefficient (Wildman–Crippen LogP) is 0.158. The largest absolute Gasteiger partial charge is 0.480 e. The molecule has 1 rings (SSSR count). The predicted molar refractivity (Wildman–Crippen MR) is 58.0 cm³/mol. The molecule has 16 heavy (non-hydrogen) atoms. The van der Waals surface area contributed by atoms with E-state index in [0.29, 0.717) is 5.03 Å². The van der Waals surface area contributed by atoms with Crippen molar-refractivity contribution < 1.29 is 14.7 Å². The first-order valence-corrected chi connectivity index (χ1v) is 5.48. The first-order chi connectivity index (χ1) is 7.59. The molecule has 1 aromatic rings. The Hall–Kier alpha value is -1.63. The average molecular weight is 241 g/mol. The van der Waals surface area contributed by atoms with Gasteiger partial charge in [0.2, 0.25) is 5.91 Å². The van der Waals surface area contributed by atoms with Gasteiger partial charge >= 0.3 is 5.97 Å². The Morgan fingerprint density at radius 3 is 2.88 bits per heavy atom. The van der Waals surface area contributed by atoms with Gasteiger partial charge in [0.1, 0.15) is 11.1 Å². The van der Waals surface area contributed by atoms with Crippen molar-refractivity contribution in [3.8, 4) is 0 Å². The molecule has 6 nitrogen and oxygen atoms in total. The topological polar surface area (TPSA) is 92.2 Å². The monoisotopic (exact) mass is 241 g/mol. The van der Waals surface area contributed by atoms with E-state index in [4.69, 9.17) is 5.11 Å². The van der Waals surface area contributed by atoms with E-state index >= 15 is 0 Å². The highest BCUT2D eigenvalue weighted by Crippen LogP contribution is 2.14. The van der Waals surface area contributed by atoms with Crippen LogP contribution < -0.4 is 5.32 Å². The summed E-state index contributed by atoms with van der Waals surface area (Å²) in [5.74, 6) is -1.22. The molecule has 1 heterocycles. The van der Waals surface area contributed by atoms with Crippen LogP contribution in [0.5, 0.6) is 0 Å². The fourth-order valence-electron chi connectivity index (χ4n) is 0.953. The van der Waals surface area contributed by atoms with E-state index < -0.39 is 12.0 Å².